The van der Waals surface area contributed by atoms with Crippen LogP contribution in [0.4, 0.5) is 4.79 Å². The van der Waals surface area contributed by atoms with Gasteiger partial charge in [-0.15, -0.1) is 0 Å². The van der Waals surface area contributed by atoms with Crippen molar-refractivity contribution in [3.63, 3.8) is 0 Å². The third-order valence-electron chi connectivity index (χ3n) is 3.13. The van der Waals surface area contributed by atoms with E-state index in [-0.39, 0.29) is 6.54 Å². The summed E-state index contributed by atoms with van der Waals surface area (Å²) in [6, 6.07) is -1.64. The number of carbonyl (C=O) groups excluding carboxylic acids is 1. The Bertz CT molecular complexity index is 445. The summed E-state index contributed by atoms with van der Waals surface area (Å²) in [5.41, 5.74) is 0. The third kappa shape index (κ3) is 6.23. The molecule has 0 aromatic carbocycles. The zero-order chi connectivity index (χ0) is 16.0. The molecule has 0 rings (SSSR count). The number of unbranched alkanes of at least 4 members (excludes halogenated alkanes) is 1. The first-order valence-electron chi connectivity index (χ1n) is 6.48. The largest absolute Gasteiger partial charge is 0.480 e. The Morgan fingerprint density at radius 3 is 2.25 bits per heavy atom. The molecule has 0 heterocycles. The van der Waals surface area contributed by atoms with Crippen LogP contribution in [0, 0.1) is 0 Å². The maximum absolute atomic E-state index is 11.6. The lowest BCUT2D eigenvalue weighted by molar-refractivity contribution is -0.139. The molecular weight excluding hydrogens is 284 g/mol. The van der Waals surface area contributed by atoms with Gasteiger partial charge in [0.15, 0.2) is 9.84 Å². The molecule has 0 aliphatic heterocycles. The highest BCUT2D eigenvalue weighted by Crippen LogP contribution is 2.13. The Kier molecular flexibility index (Phi) is 6.98. The topological polar surface area (TPSA) is 113 Å². The van der Waals surface area contributed by atoms with E-state index >= 15 is 0 Å². The maximum atomic E-state index is 11.6. The first kappa shape index (κ1) is 18.7. The molecule has 118 valence electrons. The Morgan fingerprint density at radius 1 is 1.30 bits per heavy atom. The first-order valence-corrected chi connectivity index (χ1v) is 8.37. The van der Waals surface area contributed by atoms with Crippen LogP contribution in [0.15, 0.2) is 0 Å². The molecule has 0 aliphatic carbocycles. The smallest absolute Gasteiger partial charge is 0.326 e. The van der Waals surface area contributed by atoms with Crippen molar-refractivity contribution in [3.05, 3.63) is 0 Å². The molecule has 0 radical (unpaired) electrons. The van der Waals surface area contributed by atoms with Gasteiger partial charge in [0.2, 0.25) is 0 Å². The molecule has 0 saturated heterocycles. The first-order chi connectivity index (χ1) is 9.01. The maximum Gasteiger partial charge on any atom is 0.326 e. The van der Waals surface area contributed by atoms with E-state index < -0.39 is 32.6 Å². The Hall–Kier alpha value is -1.31. The summed E-state index contributed by atoms with van der Waals surface area (Å²) in [6.07, 6.45) is 2.95. The number of amides is 2. The van der Waals surface area contributed by atoms with Gasteiger partial charge < -0.3 is 15.7 Å². The van der Waals surface area contributed by atoms with Crippen molar-refractivity contribution in [3.8, 4) is 0 Å². The summed E-state index contributed by atoms with van der Waals surface area (Å²) in [4.78, 5) is 22.6. The van der Waals surface area contributed by atoms with Gasteiger partial charge >= 0.3 is 12.0 Å². The molecular formula is C12H24N2O5S. The SMILES string of the molecule is CCCC[C@H](NC(=O)NCC(C)(C)S(C)(=O)=O)C(=O)O. The van der Waals surface area contributed by atoms with Gasteiger partial charge in [-0.1, -0.05) is 19.8 Å². The number of carbonyl (C=O) groups is 2. The second-order valence-corrected chi connectivity index (χ2v) is 8.04. The number of sulfone groups is 1. The minimum Gasteiger partial charge on any atom is -0.480 e. The van der Waals surface area contributed by atoms with E-state index in [0.717, 1.165) is 12.7 Å². The second-order valence-electron chi connectivity index (χ2n) is 5.39. The van der Waals surface area contributed by atoms with E-state index in [4.69, 9.17) is 5.11 Å². The highest BCUT2D eigenvalue weighted by Gasteiger charge is 2.31. The van der Waals surface area contributed by atoms with Gasteiger partial charge in [-0.25, -0.2) is 18.0 Å². The van der Waals surface area contributed by atoms with Crippen LogP contribution < -0.4 is 10.6 Å². The van der Waals surface area contributed by atoms with Crippen LogP contribution in [-0.4, -0.2) is 49.1 Å². The third-order valence-corrected chi connectivity index (χ3v) is 5.28. The van der Waals surface area contributed by atoms with E-state index in [2.05, 4.69) is 10.6 Å². The van der Waals surface area contributed by atoms with Crippen molar-refractivity contribution in [2.24, 2.45) is 0 Å². The number of carboxylic acid groups (broad SMARTS) is 1. The monoisotopic (exact) mass is 308 g/mol. The standard InChI is InChI=1S/C12H24N2O5S/c1-5-6-7-9(10(15)16)14-11(17)13-8-12(2,3)20(4,18)19/h9H,5-8H2,1-4H3,(H,15,16)(H2,13,14,17)/t9-/m0/s1. The van der Waals surface area contributed by atoms with Crippen molar-refractivity contribution in [1.82, 2.24) is 10.6 Å². The lowest BCUT2D eigenvalue weighted by Crippen LogP contribution is -2.50. The number of hydrogen-bond acceptors (Lipinski definition) is 4. The van der Waals surface area contributed by atoms with Gasteiger partial charge in [-0.3, -0.25) is 0 Å². The van der Waals surface area contributed by atoms with Crippen molar-refractivity contribution < 1.29 is 23.1 Å². The van der Waals surface area contributed by atoms with Crippen molar-refractivity contribution >= 4 is 21.8 Å². The molecule has 2 amide bonds. The average molecular weight is 308 g/mol. The highest BCUT2D eigenvalue weighted by atomic mass is 32.2. The summed E-state index contributed by atoms with van der Waals surface area (Å²) in [5, 5.41) is 13.7. The van der Waals surface area contributed by atoms with Crippen molar-refractivity contribution in [2.75, 3.05) is 12.8 Å². The number of hydrogen-bond donors (Lipinski definition) is 3. The molecule has 0 aromatic heterocycles. The Morgan fingerprint density at radius 2 is 1.85 bits per heavy atom. The predicted octanol–water partition coefficient (Wildman–Crippen LogP) is 0.752. The van der Waals surface area contributed by atoms with Crippen LogP contribution in [0.1, 0.15) is 40.0 Å². The molecule has 20 heavy (non-hydrogen) atoms. The summed E-state index contributed by atoms with van der Waals surface area (Å²) in [6.45, 7) is 4.83. The second kappa shape index (κ2) is 7.47. The average Bonchev–Trinajstić information content (AvgIpc) is 2.30. The Balaban J connectivity index is 4.45. The molecule has 0 saturated carbocycles. The molecule has 0 aliphatic rings. The fraction of sp³-hybridized carbons (Fsp3) is 0.833. The van der Waals surface area contributed by atoms with Gasteiger partial charge in [0.1, 0.15) is 6.04 Å². The predicted molar refractivity (Wildman–Crippen MR) is 76.4 cm³/mol. The molecule has 7 nitrogen and oxygen atoms in total. The molecule has 0 unspecified atom stereocenters. The van der Waals surface area contributed by atoms with Crippen molar-refractivity contribution in [1.29, 1.82) is 0 Å². The van der Waals surface area contributed by atoms with E-state index in [1.807, 2.05) is 6.92 Å². The van der Waals surface area contributed by atoms with E-state index in [1.54, 1.807) is 0 Å². The number of carboxylic acids is 1. The molecule has 0 spiro atoms. The van der Waals surface area contributed by atoms with Crippen LogP contribution in [-0.2, 0) is 14.6 Å². The zero-order valence-corrected chi connectivity index (χ0v) is 13.2. The van der Waals surface area contributed by atoms with Crippen molar-refractivity contribution in [2.45, 2.75) is 50.8 Å². The lowest BCUT2D eigenvalue weighted by Gasteiger charge is -2.23. The fourth-order valence-electron chi connectivity index (χ4n) is 1.30. The van der Waals surface area contributed by atoms with Gasteiger partial charge in [0, 0.05) is 12.8 Å². The Labute approximate surface area is 120 Å². The number of aliphatic carboxylic acids is 1. The normalized spacial score (nSPS) is 13.6. The highest BCUT2D eigenvalue weighted by molar-refractivity contribution is 7.92. The van der Waals surface area contributed by atoms with Gasteiger partial charge in [-0.2, -0.15) is 0 Å². The summed E-state index contributed by atoms with van der Waals surface area (Å²) in [5.74, 6) is -1.10. The van der Waals surface area contributed by atoms with Gasteiger partial charge in [0.25, 0.3) is 0 Å². The molecule has 3 N–H and O–H groups in total. The quantitative estimate of drug-likeness (QED) is 0.612. The number of rotatable bonds is 8. The van der Waals surface area contributed by atoms with E-state index in [9.17, 15) is 18.0 Å². The molecule has 1 atom stereocenters. The minimum absolute atomic E-state index is 0.0855. The molecule has 0 bridgehead atoms. The van der Waals surface area contributed by atoms with Crippen LogP contribution in [0.25, 0.3) is 0 Å². The van der Waals surface area contributed by atoms with Gasteiger partial charge in [0.05, 0.1) is 4.75 Å². The molecule has 8 heteroatoms. The van der Waals surface area contributed by atoms with Crippen LogP contribution in [0.2, 0.25) is 0 Å². The number of urea groups is 1. The minimum atomic E-state index is -3.32. The van der Waals surface area contributed by atoms with E-state index in [1.165, 1.54) is 13.8 Å². The lowest BCUT2D eigenvalue weighted by atomic mass is 10.1. The molecule has 0 aromatic rings. The van der Waals surface area contributed by atoms with Gasteiger partial charge in [-0.05, 0) is 20.3 Å². The van der Waals surface area contributed by atoms with Crippen LogP contribution >= 0.6 is 0 Å². The fourth-order valence-corrected chi connectivity index (χ4v) is 1.63. The van der Waals surface area contributed by atoms with Crippen LogP contribution in [0.3, 0.4) is 0 Å². The number of nitrogens with one attached hydrogen (secondary N) is 2. The van der Waals surface area contributed by atoms with Crippen LogP contribution in [0.5, 0.6) is 0 Å². The molecule has 0 fully saturated rings. The summed E-state index contributed by atoms with van der Waals surface area (Å²) in [7, 11) is -3.32. The summed E-state index contributed by atoms with van der Waals surface area (Å²) >= 11 is 0. The zero-order valence-electron chi connectivity index (χ0n) is 12.4. The summed E-state index contributed by atoms with van der Waals surface area (Å²) < 4.78 is 21.8. The van der Waals surface area contributed by atoms with E-state index in [0.29, 0.717) is 12.8 Å².